The summed E-state index contributed by atoms with van der Waals surface area (Å²) in [5.74, 6) is 1.47. The Kier molecular flexibility index (Phi) is 6.03. The van der Waals surface area contributed by atoms with E-state index in [0.717, 1.165) is 35.7 Å². The number of likely N-dealkylation sites (N-methyl/N-ethyl adjacent to an activating group) is 1. The summed E-state index contributed by atoms with van der Waals surface area (Å²) in [5.41, 5.74) is 3.32. The number of hydrogen-bond donors (Lipinski definition) is 0. The van der Waals surface area contributed by atoms with Crippen molar-refractivity contribution in [3.05, 3.63) is 59.7 Å². The molecule has 5 nitrogen and oxygen atoms in total. The normalized spacial score (nSPS) is 16.1. The summed E-state index contributed by atoms with van der Waals surface area (Å²) < 4.78 is 10.7. The lowest BCUT2D eigenvalue weighted by molar-refractivity contribution is -0.125. The highest BCUT2D eigenvalue weighted by Crippen LogP contribution is 2.32. The summed E-state index contributed by atoms with van der Waals surface area (Å²) >= 11 is 0. The molecule has 1 amide bonds. The van der Waals surface area contributed by atoms with Gasteiger partial charge in [-0.05, 0) is 54.3 Å². The second-order valence-electron chi connectivity index (χ2n) is 7.71. The maximum atomic E-state index is 12.5. The van der Waals surface area contributed by atoms with Gasteiger partial charge in [-0.3, -0.25) is 4.79 Å². The molecule has 5 heteroatoms. The van der Waals surface area contributed by atoms with Crippen molar-refractivity contribution in [3.63, 3.8) is 0 Å². The van der Waals surface area contributed by atoms with Gasteiger partial charge in [0.05, 0.1) is 0 Å². The summed E-state index contributed by atoms with van der Waals surface area (Å²) in [7, 11) is 1.81. The number of amides is 1. The van der Waals surface area contributed by atoms with Crippen LogP contribution in [0.3, 0.4) is 0 Å². The molecule has 2 aliphatic heterocycles. The van der Waals surface area contributed by atoms with E-state index in [-0.39, 0.29) is 12.7 Å². The number of fused-ring (bicyclic) bond motifs is 1. The maximum absolute atomic E-state index is 12.5. The van der Waals surface area contributed by atoms with E-state index in [2.05, 4.69) is 29.2 Å². The first-order chi connectivity index (χ1) is 14.2. The van der Waals surface area contributed by atoms with E-state index in [0.29, 0.717) is 6.54 Å². The van der Waals surface area contributed by atoms with Crippen LogP contribution in [-0.2, 0) is 11.3 Å². The van der Waals surface area contributed by atoms with Gasteiger partial charge >= 0.3 is 0 Å². The van der Waals surface area contributed by atoms with Crippen molar-refractivity contribution in [2.45, 2.75) is 32.2 Å². The van der Waals surface area contributed by atoms with E-state index in [9.17, 15) is 4.79 Å². The van der Waals surface area contributed by atoms with Crippen LogP contribution >= 0.6 is 0 Å². The van der Waals surface area contributed by atoms with Crippen LogP contribution in [0.5, 0.6) is 11.5 Å². The molecule has 0 unspecified atom stereocenters. The van der Waals surface area contributed by atoms with Crippen molar-refractivity contribution < 1.29 is 14.3 Å². The molecular weight excluding hydrogens is 364 g/mol. The maximum Gasteiger partial charge on any atom is 0.246 e. The molecular formula is C24H28N2O3. The van der Waals surface area contributed by atoms with Crippen molar-refractivity contribution in [1.82, 2.24) is 4.90 Å². The average molecular weight is 392 g/mol. The third-order valence-corrected chi connectivity index (χ3v) is 5.52. The van der Waals surface area contributed by atoms with E-state index >= 15 is 0 Å². The zero-order valence-electron chi connectivity index (χ0n) is 17.0. The van der Waals surface area contributed by atoms with Gasteiger partial charge < -0.3 is 19.3 Å². The fourth-order valence-electron chi connectivity index (χ4n) is 3.81. The first kappa shape index (κ1) is 19.4. The molecule has 29 heavy (non-hydrogen) atoms. The monoisotopic (exact) mass is 392 g/mol. The fourth-order valence-corrected chi connectivity index (χ4v) is 3.81. The highest BCUT2D eigenvalue weighted by atomic mass is 16.7. The SMILES string of the molecule is CN(Cc1ccc2c(c1)OCO2)C(=O)C=Cc1ccc(N2CCCCCC2)cc1. The molecule has 0 aliphatic carbocycles. The van der Waals surface area contributed by atoms with Crippen molar-refractivity contribution in [2.24, 2.45) is 0 Å². The summed E-state index contributed by atoms with van der Waals surface area (Å²) in [6, 6.07) is 14.3. The predicted octanol–water partition coefficient (Wildman–Crippen LogP) is 4.47. The molecule has 0 atom stereocenters. The van der Waals surface area contributed by atoms with Gasteiger partial charge in [-0.2, -0.15) is 0 Å². The Morgan fingerprint density at radius 3 is 2.48 bits per heavy atom. The van der Waals surface area contributed by atoms with Crippen LogP contribution in [0.1, 0.15) is 36.8 Å². The predicted molar refractivity (Wildman–Crippen MR) is 115 cm³/mol. The zero-order valence-corrected chi connectivity index (χ0v) is 17.0. The minimum Gasteiger partial charge on any atom is -0.454 e. The van der Waals surface area contributed by atoms with Gasteiger partial charge in [-0.1, -0.05) is 31.0 Å². The highest BCUT2D eigenvalue weighted by Gasteiger charge is 2.15. The van der Waals surface area contributed by atoms with Crippen molar-refractivity contribution in [2.75, 3.05) is 31.8 Å². The topological polar surface area (TPSA) is 42.0 Å². The zero-order chi connectivity index (χ0) is 20.1. The molecule has 0 saturated carbocycles. The molecule has 0 aromatic heterocycles. The van der Waals surface area contributed by atoms with Crippen molar-refractivity contribution >= 4 is 17.7 Å². The standard InChI is InChI=1S/C24H28N2O3/c1-25(17-20-8-12-22-23(16-20)29-18-28-22)24(27)13-9-19-6-10-21(11-7-19)26-14-4-2-3-5-15-26/h6-13,16H,2-5,14-15,17-18H2,1H3. The number of carbonyl (C=O) groups excluding carboxylic acids is 1. The Morgan fingerprint density at radius 1 is 1.00 bits per heavy atom. The third kappa shape index (κ3) is 4.91. The van der Waals surface area contributed by atoms with E-state index in [1.165, 1.54) is 31.4 Å². The molecule has 2 aliphatic rings. The molecule has 4 rings (SSSR count). The summed E-state index contributed by atoms with van der Waals surface area (Å²) in [6.07, 6.45) is 8.72. The first-order valence-electron chi connectivity index (χ1n) is 10.4. The summed E-state index contributed by atoms with van der Waals surface area (Å²) in [5, 5.41) is 0. The second-order valence-corrected chi connectivity index (χ2v) is 7.71. The van der Waals surface area contributed by atoms with E-state index < -0.39 is 0 Å². The van der Waals surface area contributed by atoms with Gasteiger partial charge in [0.2, 0.25) is 12.7 Å². The molecule has 0 spiro atoms. The molecule has 152 valence electrons. The molecule has 2 aromatic carbocycles. The lowest BCUT2D eigenvalue weighted by atomic mass is 10.1. The first-order valence-corrected chi connectivity index (χ1v) is 10.4. The van der Waals surface area contributed by atoms with Gasteiger partial charge in [0, 0.05) is 38.4 Å². The average Bonchev–Trinajstić information content (AvgIpc) is 3.04. The van der Waals surface area contributed by atoms with Crippen LogP contribution in [-0.4, -0.2) is 37.7 Å². The molecule has 2 aromatic rings. The lowest BCUT2D eigenvalue weighted by Gasteiger charge is -2.22. The van der Waals surface area contributed by atoms with E-state index in [1.807, 2.05) is 24.3 Å². The van der Waals surface area contributed by atoms with Crippen LogP contribution in [0.4, 0.5) is 5.69 Å². The molecule has 0 bridgehead atoms. The van der Waals surface area contributed by atoms with Gasteiger partial charge in [0.25, 0.3) is 0 Å². The molecule has 1 fully saturated rings. The number of carbonyl (C=O) groups is 1. The van der Waals surface area contributed by atoms with Gasteiger partial charge in [0.15, 0.2) is 11.5 Å². The minimum atomic E-state index is -0.0285. The Hall–Kier alpha value is -2.95. The molecule has 1 saturated heterocycles. The number of ether oxygens (including phenoxy) is 2. The van der Waals surface area contributed by atoms with Crippen LogP contribution < -0.4 is 14.4 Å². The number of rotatable bonds is 5. The van der Waals surface area contributed by atoms with Gasteiger partial charge in [0.1, 0.15) is 0 Å². The van der Waals surface area contributed by atoms with Crippen LogP contribution in [0, 0.1) is 0 Å². The van der Waals surface area contributed by atoms with Crippen molar-refractivity contribution in [1.29, 1.82) is 0 Å². The van der Waals surface area contributed by atoms with Crippen molar-refractivity contribution in [3.8, 4) is 11.5 Å². The van der Waals surface area contributed by atoms with Crippen LogP contribution in [0.15, 0.2) is 48.5 Å². The van der Waals surface area contributed by atoms with E-state index in [1.54, 1.807) is 18.0 Å². The summed E-state index contributed by atoms with van der Waals surface area (Å²) in [6.45, 7) is 3.05. The number of benzene rings is 2. The van der Waals surface area contributed by atoms with E-state index in [4.69, 9.17) is 9.47 Å². The number of nitrogens with zero attached hydrogens (tertiary/aromatic N) is 2. The Bertz CT molecular complexity index is 868. The van der Waals surface area contributed by atoms with Crippen LogP contribution in [0.2, 0.25) is 0 Å². The lowest BCUT2D eigenvalue weighted by Crippen LogP contribution is -2.24. The Morgan fingerprint density at radius 2 is 1.72 bits per heavy atom. The molecule has 0 N–H and O–H groups in total. The fraction of sp³-hybridized carbons (Fsp3) is 0.375. The Labute approximate surface area is 172 Å². The summed E-state index contributed by atoms with van der Waals surface area (Å²) in [4.78, 5) is 16.6. The largest absolute Gasteiger partial charge is 0.454 e. The quantitative estimate of drug-likeness (QED) is 0.704. The number of anilines is 1. The van der Waals surface area contributed by atoms with Gasteiger partial charge in [-0.15, -0.1) is 0 Å². The molecule has 0 radical (unpaired) electrons. The smallest absolute Gasteiger partial charge is 0.246 e. The highest BCUT2D eigenvalue weighted by molar-refractivity contribution is 5.91. The molecule has 2 heterocycles. The Balaban J connectivity index is 1.33. The van der Waals surface area contributed by atoms with Crippen LogP contribution in [0.25, 0.3) is 6.08 Å². The minimum absolute atomic E-state index is 0.0285. The third-order valence-electron chi connectivity index (χ3n) is 5.52. The van der Waals surface area contributed by atoms with Gasteiger partial charge in [-0.25, -0.2) is 0 Å². The second kappa shape index (κ2) is 9.03. The number of hydrogen-bond acceptors (Lipinski definition) is 4.